The van der Waals surface area contributed by atoms with Gasteiger partial charge in [0, 0.05) is 0 Å². The monoisotopic (exact) mass is 308 g/mol. The van der Waals surface area contributed by atoms with E-state index in [-0.39, 0.29) is 9.92 Å². The van der Waals surface area contributed by atoms with Crippen molar-refractivity contribution in [2.45, 2.75) is 4.90 Å². The second-order valence-corrected chi connectivity index (χ2v) is 5.84. The Morgan fingerprint density at radius 1 is 1.15 bits per heavy atom. The first kappa shape index (κ1) is 14.3. The van der Waals surface area contributed by atoms with Gasteiger partial charge in [-0.05, 0) is 42.5 Å². The molecule has 0 amide bonds. The molecule has 0 saturated carbocycles. The first-order valence-corrected chi connectivity index (χ1v) is 7.33. The molecular formula is C13H9ClN2O3S. The number of nitriles is 1. The van der Waals surface area contributed by atoms with Gasteiger partial charge >= 0.3 is 0 Å². The number of nitrogens with zero attached hydrogens (tertiary/aromatic N) is 1. The minimum absolute atomic E-state index is 0.0883. The van der Waals surface area contributed by atoms with Crippen molar-refractivity contribution in [2.75, 3.05) is 0 Å². The third-order valence-corrected chi connectivity index (χ3v) is 3.65. The number of sulfonamides is 1. The number of benzene rings is 2. The van der Waals surface area contributed by atoms with Gasteiger partial charge in [-0.25, -0.2) is 13.6 Å². The highest BCUT2D eigenvalue weighted by Gasteiger charge is 2.11. The molecule has 102 valence electrons. The molecule has 0 aliphatic carbocycles. The number of ether oxygens (including phenoxy) is 1. The zero-order chi connectivity index (χ0) is 14.8. The summed E-state index contributed by atoms with van der Waals surface area (Å²) in [5, 5.41) is 13.8. The number of primary sulfonamides is 1. The van der Waals surface area contributed by atoms with Crippen molar-refractivity contribution in [1.82, 2.24) is 0 Å². The van der Waals surface area contributed by atoms with Gasteiger partial charge in [0.15, 0.2) is 0 Å². The molecule has 7 heteroatoms. The Morgan fingerprint density at radius 3 is 2.30 bits per heavy atom. The summed E-state index contributed by atoms with van der Waals surface area (Å²) in [5.74, 6) is 0.776. The largest absolute Gasteiger partial charge is 0.456 e. The van der Waals surface area contributed by atoms with Crippen molar-refractivity contribution in [1.29, 1.82) is 5.26 Å². The van der Waals surface area contributed by atoms with E-state index in [1.54, 1.807) is 24.3 Å². The summed E-state index contributed by atoms with van der Waals surface area (Å²) in [6, 6.07) is 12.4. The Hall–Kier alpha value is -2.07. The Labute approximate surface area is 121 Å². The van der Waals surface area contributed by atoms with Crippen LogP contribution in [-0.2, 0) is 10.0 Å². The lowest BCUT2D eigenvalue weighted by atomic mass is 10.2. The molecule has 5 nitrogen and oxygen atoms in total. The molecule has 0 fully saturated rings. The summed E-state index contributed by atoms with van der Waals surface area (Å²) in [4.78, 5) is -0.0883. The van der Waals surface area contributed by atoms with Crippen molar-refractivity contribution >= 4 is 21.6 Å². The minimum atomic E-state index is -3.80. The normalized spacial score (nSPS) is 10.8. The average molecular weight is 309 g/mol. The zero-order valence-electron chi connectivity index (χ0n) is 10.1. The number of hydrogen-bond acceptors (Lipinski definition) is 4. The van der Waals surface area contributed by atoms with Crippen molar-refractivity contribution < 1.29 is 13.2 Å². The van der Waals surface area contributed by atoms with Gasteiger partial charge in [0.05, 0.1) is 21.6 Å². The van der Waals surface area contributed by atoms with Gasteiger partial charge < -0.3 is 4.74 Å². The molecular weight excluding hydrogens is 300 g/mol. The van der Waals surface area contributed by atoms with Crippen LogP contribution in [0.2, 0.25) is 5.02 Å². The van der Waals surface area contributed by atoms with Gasteiger partial charge in [0.2, 0.25) is 10.0 Å². The van der Waals surface area contributed by atoms with Crippen LogP contribution in [0.5, 0.6) is 11.5 Å². The van der Waals surface area contributed by atoms with E-state index < -0.39 is 10.0 Å². The summed E-state index contributed by atoms with van der Waals surface area (Å²) in [6.07, 6.45) is 0. The van der Waals surface area contributed by atoms with Crippen LogP contribution >= 0.6 is 11.6 Å². The predicted molar refractivity (Wildman–Crippen MR) is 74.1 cm³/mol. The molecule has 20 heavy (non-hydrogen) atoms. The highest BCUT2D eigenvalue weighted by atomic mass is 35.5. The highest BCUT2D eigenvalue weighted by Crippen LogP contribution is 2.31. The van der Waals surface area contributed by atoms with Crippen molar-refractivity contribution in [3.8, 4) is 17.6 Å². The Balaban J connectivity index is 2.28. The third kappa shape index (κ3) is 3.27. The van der Waals surface area contributed by atoms with Gasteiger partial charge in [0.1, 0.15) is 11.5 Å². The van der Waals surface area contributed by atoms with Crippen LogP contribution in [0.15, 0.2) is 47.4 Å². The summed E-state index contributed by atoms with van der Waals surface area (Å²) in [5.41, 5.74) is 0.507. The lowest BCUT2D eigenvalue weighted by molar-refractivity contribution is 0.482. The zero-order valence-corrected chi connectivity index (χ0v) is 11.6. The van der Waals surface area contributed by atoms with Crippen molar-refractivity contribution in [2.24, 2.45) is 5.14 Å². The van der Waals surface area contributed by atoms with E-state index in [1.165, 1.54) is 18.2 Å². The molecule has 0 bridgehead atoms. The smallest absolute Gasteiger partial charge is 0.238 e. The summed E-state index contributed by atoms with van der Waals surface area (Å²) in [6.45, 7) is 0. The lowest BCUT2D eigenvalue weighted by Crippen LogP contribution is -2.11. The molecule has 0 unspecified atom stereocenters. The van der Waals surface area contributed by atoms with Gasteiger partial charge in [-0.2, -0.15) is 5.26 Å². The Bertz CT molecular complexity index is 780. The molecule has 0 aliphatic heterocycles. The van der Waals surface area contributed by atoms with E-state index in [2.05, 4.69) is 0 Å². The van der Waals surface area contributed by atoms with Gasteiger partial charge in [-0.1, -0.05) is 11.6 Å². The molecule has 0 aromatic heterocycles. The second-order valence-electron chi connectivity index (χ2n) is 3.88. The molecule has 2 N–H and O–H groups in total. The van der Waals surface area contributed by atoms with Crippen LogP contribution in [0, 0.1) is 11.3 Å². The molecule has 0 spiro atoms. The van der Waals surface area contributed by atoms with Gasteiger partial charge in [0.25, 0.3) is 0 Å². The molecule has 2 aromatic rings. The maximum atomic E-state index is 11.2. The van der Waals surface area contributed by atoms with E-state index in [9.17, 15) is 8.42 Å². The van der Waals surface area contributed by atoms with Crippen molar-refractivity contribution in [3.05, 3.63) is 53.1 Å². The predicted octanol–water partition coefficient (Wildman–Crippen LogP) is 2.65. The van der Waals surface area contributed by atoms with Crippen LogP contribution in [0.1, 0.15) is 5.56 Å². The first-order chi connectivity index (χ1) is 9.40. The van der Waals surface area contributed by atoms with Crippen LogP contribution in [0.4, 0.5) is 0 Å². The molecule has 0 aliphatic rings. The van der Waals surface area contributed by atoms with Crippen LogP contribution in [-0.4, -0.2) is 8.42 Å². The maximum Gasteiger partial charge on any atom is 0.238 e. The van der Waals surface area contributed by atoms with Gasteiger partial charge in [-0.15, -0.1) is 0 Å². The SMILES string of the molecule is N#Cc1ccc(Oc2ccc(S(N)(=O)=O)cc2Cl)cc1. The number of nitrogens with two attached hydrogens (primary N) is 1. The molecule has 2 aromatic carbocycles. The topological polar surface area (TPSA) is 93.2 Å². The average Bonchev–Trinajstić information content (AvgIpc) is 2.41. The van der Waals surface area contributed by atoms with E-state index in [0.717, 1.165) is 0 Å². The fourth-order valence-corrected chi connectivity index (χ4v) is 2.29. The number of hydrogen-bond donors (Lipinski definition) is 1. The van der Waals surface area contributed by atoms with E-state index in [4.69, 9.17) is 26.7 Å². The lowest BCUT2D eigenvalue weighted by Gasteiger charge is -2.08. The van der Waals surface area contributed by atoms with Crippen LogP contribution in [0.3, 0.4) is 0 Å². The van der Waals surface area contributed by atoms with Crippen LogP contribution in [0.25, 0.3) is 0 Å². The van der Waals surface area contributed by atoms with Crippen LogP contribution < -0.4 is 9.88 Å². The van der Waals surface area contributed by atoms with E-state index >= 15 is 0 Å². The number of halogens is 1. The summed E-state index contributed by atoms with van der Waals surface area (Å²) < 4.78 is 27.8. The molecule has 0 saturated heterocycles. The Kier molecular flexibility index (Phi) is 3.95. The first-order valence-electron chi connectivity index (χ1n) is 5.40. The fourth-order valence-electron chi connectivity index (χ4n) is 1.47. The molecule has 0 heterocycles. The fraction of sp³-hybridized carbons (Fsp3) is 0. The molecule has 0 atom stereocenters. The second kappa shape index (κ2) is 5.51. The summed E-state index contributed by atoms with van der Waals surface area (Å²) in [7, 11) is -3.80. The summed E-state index contributed by atoms with van der Waals surface area (Å²) >= 11 is 5.95. The molecule has 2 rings (SSSR count). The van der Waals surface area contributed by atoms with E-state index in [1.807, 2.05) is 6.07 Å². The maximum absolute atomic E-state index is 11.2. The minimum Gasteiger partial charge on any atom is -0.456 e. The third-order valence-electron chi connectivity index (χ3n) is 2.44. The number of rotatable bonds is 3. The van der Waals surface area contributed by atoms with E-state index in [0.29, 0.717) is 17.1 Å². The van der Waals surface area contributed by atoms with Crippen molar-refractivity contribution in [3.63, 3.8) is 0 Å². The molecule has 0 radical (unpaired) electrons. The quantitative estimate of drug-likeness (QED) is 0.943. The standard InChI is InChI=1S/C13H9ClN2O3S/c14-12-7-11(20(16,17)18)5-6-13(12)19-10-3-1-9(8-15)2-4-10/h1-7H,(H2,16,17,18). The Morgan fingerprint density at radius 2 is 1.80 bits per heavy atom. The highest BCUT2D eigenvalue weighted by molar-refractivity contribution is 7.89. The van der Waals surface area contributed by atoms with Gasteiger partial charge in [-0.3, -0.25) is 0 Å².